The molecular weight excluding hydrogens is 298 g/mol. The fourth-order valence-electron chi connectivity index (χ4n) is 2.70. The Morgan fingerprint density at radius 1 is 1.38 bits per heavy atom. The molecule has 0 amide bonds. The molecule has 0 saturated heterocycles. The lowest BCUT2D eigenvalue weighted by Crippen LogP contribution is -2.60. The van der Waals surface area contributed by atoms with Gasteiger partial charge in [-0.2, -0.15) is 4.72 Å². The van der Waals surface area contributed by atoms with Gasteiger partial charge in [0.15, 0.2) is 0 Å². The average molecular weight is 321 g/mol. The van der Waals surface area contributed by atoms with Crippen LogP contribution in [-0.4, -0.2) is 43.9 Å². The highest BCUT2D eigenvalue weighted by molar-refractivity contribution is 7.89. The van der Waals surface area contributed by atoms with Crippen LogP contribution in [0, 0.1) is 5.92 Å². The number of rotatable bonds is 7. The van der Waals surface area contributed by atoms with Crippen LogP contribution in [0.5, 0.6) is 0 Å². The molecule has 1 rings (SSSR count). The van der Waals surface area contributed by atoms with E-state index in [1.165, 1.54) is 7.11 Å². The highest BCUT2D eigenvalue weighted by Crippen LogP contribution is 2.34. The van der Waals surface area contributed by atoms with Crippen molar-refractivity contribution in [2.75, 3.05) is 12.9 Å². The third kappa shape index (κ3) is 4.67. The molecule has 0 radical (unpaired) electrons. The molecular formula is C13H23NO6S. The molecule has 0 heterocycles. The molecule has 21 heavy (non-hydrogen) atoms. The molecule has 1 saturated carbocycles. The van der Waals surface area contributed by atoms with Crippen molar-refractivity contribution in [2.45, 2.75) is 51.0 Å². The number of methoxy groups -OCH3 is 1. The van der Waals surface area contributed by atoms with E-state index in [4.69, 9.17) is 0 Å². The number of carboxylic acids is 1. The third-order valence-corrected chi connectivity index (χ3v) is 5.54. The number of carboxylic acid groups (broad SMARTS) is 1. The second-order valence-corrected chi connectivity index (χ2v) is 7.37. The van der Waals surface area contributed by atoms with Crippen molar-refractivity contribution in [3.8, 4) is 0 Å². The van der Waals surface area contributed by atoms with Crippen molar-refractivity contribution < 1.29 is 27.9 Å². The fourth-order valence-corrected chi connectivity index (χ4v) is 4.27. The Morgan fingerprint density at radius 2 is 2.05 bits per heavy atom. The molecule has 1 aliphatic rings. The molecule has 0 aromatic rings. The number of carbonyl (C=O) groups excluding carboxylic acids is 1. The maximum Gasteiger partial charge on any atom is 0.325 e. The van der Waals surface area contributed by atoms with Gasteiger partial charge in [0.25, 0.3) is 0 Å². The zero-order valence-corrected chi connectivity index (χ0v) is 13.2. The minimum absolute atomic E-state index is 0.00691. The zero-order valence-electron chi connectivity index (χ0n) is 12.4. The van der Waals surface area contributed by atoms with E-state index in [-0.39, 0.29) is 24.5 Å². The Balaban J connectivity index is 2.74. The average Bonchev–Trinajstić information content (AvgIpc) is 2.40. The van der Waals surface area contributed by atoms with Crippen LogP contribution < -0.4 is 4.72 Å². The van der Waals surface area contributed by atoms with Gasteiger partial charge in [-0.3, -0.25) is 9.59 Å². The molecule has 8 heteroatoms. The van der Waals surface area contributed by atoms with Crippen LogP contribution >= 0.6 is 0 Å². The molecule has 122 valence electrons. The van der Waals surface area contributed by atoms with E-state index in [0.29, 0.717) is 19.3 Å². The zero-order chi connectivity index (χ0) is 16.1. The predicted molar refractivity (Wildman–Crippen MR) is 76.2 cm³/mol. The number of aliphatic carboxylic acids is 1. The van der Waals surface area contributed by atoms with Crippen molar-refractivity contribution in [3.63, 3.8) is 0 Å². The first kappa shape index (κ1) is 17.9. The molecule has 2 unspecified atom stereocenters. The van der Waals surface area contributed by atoms with Gasteiger partial charge in [-0.25, -0.2) is 8.42 Å². The summed E-state index contributed by atoms with van der Waals surface area (Å²) < 4.78 is 31.0. The van der Waals surface area contributed by atoms with Gasteiger partial charge in [-0.05, 0) is 25.2 Å². The van der Waals surface area contributed by atoms with Gasteiger partial charge in [-0.1, -0.05) is 19.8 Å². The van der Waals surface area contributed by atoms with Gasteiger partial charge in [-0.15, -0.1) is 0 Å². The van der Waals surface area contributed by atoms with Gasteiger partial charge in [0.2, 0.25) is 10.0 Å². The standard InChI is InChI=1S/C13H23NO6S/c1-10-6-3-4-8-13(10,12(16)17)14-21(18,19)9-5-7-11(15)20-2/h10,14H,3-9H2,1-2H3,(H,16,17). The van der Waals surface area contributed by atoms with E-state index >= 15 is 0 Å². The Hall–Kier alpha value is -1.15. The number of ether oxygens (including phenoxy) is 1. The Labute approximate surface area is 125 Å². The van der Waals surface area contributed by atoms with Crippen LogP contribution in [0.2, 0.25) is 0 Å². The number of carbonyl (C=O) groups is 2. The lowest BCUT2D eigenvalue weighted by atomic mass is 9.74. The van der Waals surface area contributed by atoms with Gasteiger partial charge in [0.05, 0.1) is 12.9 Å². The van der Waals surface area contributed by atoms with Crippen LogP contribution in [0.1, 0.15) is 45.4 Å². The summed E-state index contributed by atoms with van der Waals surface area (Å²) in [7, 11) is -2.53. The molecule has 2 atom stereocenters. The molecule has 2 N–H and O–H groups in total. The molecule has 1 fully saturated rings. The maximum absolute atomic E-state index is 12.1. The van der Waals surface area contributed by atoms with E-state index in [2.05, 4.69) is 9.46 Å². The molecule has 0 aromatic heterocycles. The first-order valence-corrected chi connectivity index (χ1v) is 8.70. The van der Waals surface area contributed by atoms with Crippen molar-refractivity contribution in [1.82, 2.24) is 4.72 Å². The van der Waals surface area contributed by atoms with E-state index < -0.39 is 27.5 Å². The molecule has 0 aromatic carbocycles. The van der Waals surface area contributed by atoms with Gasteiger partial charge < -0.3 is 9.84 Å². The SMILES string of the molecule is COC(=O)CCCS(=O)(=O)NC1(C(=O)O)CCCCC1C. The molecule has 7 nitrogen and oxygen atoms in total. The third-order valence-electron chi connectivity index (χ3n) is 4.04. The minimum atomic E-state index is -3.76. The quantitative estimate of drug-likeness (QED) is 0.674. The first-order chi connectivity index (χ1) is 9.73. The highest BCUT2D eigenvalue weighted by atomic mass is 32.2. The molecule has 0 bridgehead atoms. The van der Waals surface area contributed by atoms with Gasteiger partial charge in [0.1, 0.15) is 5.54 Å². The lowest BCUT2D eigenvalue weighted by molar-refractivity contribution is -0.147. The van der Waals surface area contributed by atoms with Crippen LogP contribution in [-0.2, 0) is 24.3 Å². The van der Waals surface area contributed by atoms with Crippen molar-refractivity contribution in [3.05, 3.63) is 0 Å². The number of hydrogen-bond donors (Lipinski definition) is 2. The van der Waals surface area contributed by atoms with Crippen molar-refractivity contribution in [1.29, 1.82) is 0 Å². The maximum atomic E-state index is 12.1. The van der Waals surface area contributed by atoms with Crippen LogP contribution in [0.15, 0.2) is 0 Å². The summed E-state index contributed by atoms with van der Waals surface area (Å²) in [4.78, 5) is 22.6. The van der Waals surface area contributed by atoms with Crippen molar-refractivity contribution >= 4 is 22.0 Å². The topological polar surface area (TPSA) is 110 Å². The smallest absolute Gasteiger partial charge is 0.325 e. The van der Waals surface area contributed by atoms with Crippen LogP contribution in [0.4, 0.5) is 0 Å². The summed E-state index contributed by atoms with van der Waals surface area (Å²) in [5.74, 6) is -2.17. The molecule has 0 spiro atoms. The second kappa shape index (κ2) is 7.22. The number of hydrogen-bond acceptors (Lipinski definition) is 5. The summed E-state index contributed by atoms with van der Waals surface area (Å²) >= 11 is 0. The number of sulfonamides is 1. The summed E-state index contributed by atoms with van der Waals surface area (Å²) in [6.45, 7) is 1.75. The highest BCUT2D eigenvalue weighted by Gasteiger charge is 2.47. The lowest BCUT2D eigenvalue weighted by Gasteiger charge is -2.39. The first-order valence-electron chi connectivity index (χ1n) is 7.05. The predicted octanol–water partition coefficient (Wildman–Crippen LogP) is 0.892. The van der Waals surface area contributed by atoms with Gasteiger partial charge in [0, 0.05) is 6.42 Å². The summed E-state index contributed by atoms with van der Waals surface area (Å²) in [6.07, 6.45) is 2.65. The van der Waals surface area contributed by atoms with Crippen LogP contribution in [0.3, 0.4) is 0 Å². The number of esters is 1. The number of nitrogens with one attached hydrogen (secondary N) is 1. The normalized spacial score (nSPS) is 26.3. The summed E-state index contributed by atoms with van der Waals surface area (Å²) in [6, 6.07) is 0. The van der Waals surface area contributed by atoms with E-state index in [9.17, 15) is 23.1 Å². The molecule has 1 aliphatic carbocycles. The largest absolute Gasteiger partial charge is 0.480 e. The van der Waals surface area contributed by atoms with E-state index in [1.54, 1.807) is 6.92 Å². The van der Waals surface area contributed by atoms with Gasteiger partial charge >= 0.3 is 11.9 Å². The van der Waals surface area contributed by atoms with E-state index in [1.807, 2.05) is 0 Å². The Kier molecular flexibility index (Phi) is 6.15. The van der Waals surface area contributed by atoms with E-state index in [0.717, 1.165) is 6.42 Å². The Bertz CT molecular complexity index is 489. The minimum Gasteiger partial charge on any atom is -0.480 e. The second-order valence-electron chi connectivity index (χ2n) is 5.52. The summed E-state index contributed by atoms with van der Waals surface area (Å²) in [5, 5.41) is 9.47. The summed E-state index contributed by atoms with van der Waals surface area (Å²) in [5.41, 5.74) is -1.43. The fraction of sp³-hybridized carbons (Fsp3) is 0.846. The van der Waals surface area contributed by atoms with Crippen LogP contribution in [0.25, 0.3) is 0 Å². The Morgan fingerprint density at radius 3 is 2.57 bits per heavy atom. The molecule has 0 aliphatic heterocycles. The monoisotopic (exact) mass is 321 g/mol. The van der Waals surface area contributed by atoms with Crippen molar-refractivity contribution in [2.24, 2.45) is 5.92 Å².